The van der Waals surface area contributed by atoms with Crippen molar-refractivity contribution in [1.82, 2.24) is 0 Å². The van der Waals surface area contributed by atoms with Crippen molar-refractivity contribution >= 4 is 17.9 Å². The Morgan fingerprint density at radius 3 is 0.506 bits per heavy atom. The van der Waals surface area contributed by atoms with Gasteiger partial charge in [-0.1, -0.05) is 393 Å². The molecule has 0 aromatic heterocycles. The van der Waals surface area contributed by atoms with Gasteiger partial charge in [0.2, 0.25) is 0 Å². The Kier molecular flexibility index (Phi) is 67.5. The van der Waals surface area contributed by atoms with Crippen molar-refractivity contribution in [2.45, 2.75) is 438 Å². The Bertz CT molecular complexity index is 1190. The van der Waals surface area contributed by atoms with E-state index in [0.29, 0.717) is 19.3 Å². The summed E-state index contributed by atoms with van der Waals surface area (Å²) in [5.41, 5.74) is 0. The summed E-state index contributed by atoms with van der Waals surface area (Å²) in [6, 6.07) is 0. The first-order valence-corrected chi connectivity index (χ1v) is 36.5. The summed E-state index contributed by atoms with van der Waals surface area (Å²) in [5.74, 6) is -0.821. The van der Waals surface area contributed by atoms with Crippen molar-refractivity contribution in [2.75, 3.05) is 13.2 Å². The molecular formula is C73H142O6. The number of carbonyl (C=O) groups is 3. The van der Waals surface area contributed by atoms with Gasteiger partial charge in [0.05, 0.1) is 0 Å². The van der Waals surface area contributed by atoms with Crippen LogP contribution in [0.1, 0.15) is 432 Å². The summed E-state index contributed by atoms with van der Waals surface area (Å²) in [6.45, 7) is 6.74. The Morgan fingerprint density at radius 2 is 0.342 bits per heavy atom. The van der Waals surface area contributed by atoms with Gasteiger partial charge in [-0.2, -0.15) is 0 Å². The largest absolute Gasteiger partial charge is 0.462 e. The lowest BCUT2D eigenvalue weighted by atomic mass is 10.0. The molecule has 0 fully saturated rings. The van der Waals surface area contributed by atoms with Crippen molar-refractivity contribution in [2.24, 2.45) is 0 Å². The molecule has 6 heteroatoms. The highest BCUT2D eigenvalue weighted by Gasteiger charge is 2.20. The molecule has 0 saturated carbocycles. The number of rotatable bonds is 69. The van der Waals surface area contributed by atoms with E-state index in [-0.39, 0.29) is 31.1 Å². The smallest absolute Gasteiger partial charge is 0.306 e. The Morgan fingerprint density at radius 1 is 0.203 bits per heavy atom. The monoisotopic (exact) mass is 1120 g/mol. The van der Waals surface area contributed by atoms with E-state index in [1.165, 1.54) is 334 Å². The maximum atomic E-state index is 12.9. The molecule has 0 rings (SSSR count). The molecule has 0 saturated heterocycles. The highest BCUT2D eigenvalue weighted by molar-refractivity contribution is 5.71. The number of ether oxygens (including phenoxy) is 3. The lowest BCUT2D eigenvalue weighted by Crippen LogP contribution is -2.30. The summed E-state index contributed by atoms with van der Waals surface area (Å²) >= 11 is 0. The standard InChI is InChI=1S/C73H142O6/c1-4-7-10-13-16-19-22-25-27-29-31-32-33-34-35-36-37-38-39-40-41-43-44-46-48-51-54-57-60-63-66-72(75)78-69-70(68-77-71(74)65-62-59-56-53-50-24-21-18-15-12-9-6-3)79-73(76)67-64-61-58-55-52-49-47-45-42-30-28-26-23-20-17-14-11-8-5-2/h70H,4-69H2,1-3H3. The normalized spacial score (nSPS) is 11.9. The lowest BCUT2D eigenvalue weighted by molar-refractivity contribution is -0.167. The number of hydrogen-bond acceptors (Lipinski definition) is 6. The van der Waals surface area contributed by atoms with E-state index in [0.717, 1.165) is 57.8 Å². The maximum Gasteiger partial charge on any atom is 0.306 e. The molecule has 0 spiro atoms. The molecule has 0 aliphatic rings. The summed E-state index contributed by atoms with van der Waals surface area (Å²) in [6.07, 6.45) is 81.5. The first-order valence-electron chi connectivity index (χ1n) is 36.5. The van der Waals surface area contributed by atoms with Gasteiger partial charge >= 0.3 is 17.9 Å². The third kappa shape index (κ3) is 67.1. The maximum absolute atomic E-state index is 12.9. The van der Waals surface area contributed by atoms with E-state index in [1.807, 2.05) is 0 Å². The summed E-state index contributed by atoms with van der Waals surface area (Å²) in [4.78, 5) is 38.4. The van der Waals surface area contributed by atoms with Crippen LogP contribution in [0.25, 0.3) is 0 Å². The first-order chi connectivity index (χ1) is 39.0. The van der Waals surface area contributed by atoms with Gasteiger partial charge in [-0.3, -0.25) is 14.4 Å². The zero-order valence-corrected chi connectivity index (χ0v) is 54.2. The van der Waals surface area contributed by atoms with E-state index in [9.17, 15) is 14.4 Å². The lowest BCUT2D eigenvalue weighted by Gasteiger charge is -2.18. The van der Waals surface area contributed by atoms with Crippen LogP contribution in [0.5, 0.6) is 0 Å². The molecule has 0 aliphatic carbocycles. The van der Waals surface area contributed by atoms with Crippen LogP contribution in [0.4, 0.5) is 0 Å². The molecule has 0 aliphatic heterocycles. The van der Waals surface area contributed by atoms with Crippen LogP contribution in [-0.2, 0) is 28.6 Å². The molecule has 470 valence electrons. The third-order valence-electron chi connectivity index (χ3n) is 17.1. The minimum atomic E-state index is -0.763. The van der Waals surface area contributed by atoms with Crippen LogP contribution in [0.15, 0.2) is 0 Å². The van der Waals surface area contributed by atoms with Crippen LogP contribution in [0.3, 0.4) is 0 Å². The number of hydrogen-bond donors (Lipinski definition) is 0. The van der Waals surface area contributed by atoms with Gasteiger partial charge in [0.1, 0.15) is 13.2 Å². The van der Waals surface area contributed by atoms with E-state index in [4.69, 9.17) is 14.2 Å². The summed E-state index contributed by atoms with van der Waals surface area (Å²) in [5, 5.41) is 0. The van der Waals surface area contributed by atoms with Gasteiger partial charge in [0, 0.05) is 19.3 Å². The molecule has 1 atom stereocenters. The predicted molar refractivity (Wildman–Crippen MR) is 344 cm³/mol. The van der Waals surface area contributed by atoms with E-state index in [1.54, 1.807) is 0 Å². The van der Waals surface area contributed by atoms with Crippen molar-refractivity contribution in [3.05, 3.63) is 0 Å². The summed E-state index contributed by atoms with van der Waals surface area (Å²) in [7, 11) is 0. The molecule has 6 nitrogen and oxygen atoms in total. The summed E-state index contributed by atoms with van der Waals surface area (Å²) < 4.78 is 17.0. The number of carbonyl (C=O) groups excluding carboxylic acids is 3. The average Bonchev–Trinajstić information content (AvgIpc) is 3.45. The molecule has 0 amide bonds. The molecule has 0 bridgehead atoms. The van der Waals surface area contributed by atoms with Gasteiger partial charge in [-0.15, -0.1) is 0 Å². The van der Waals surface area contributed by atoms with Crippen molar-refractivity contribution in [1.29, 1.82) is 0 Å². The van der Waals surface area contributed by atoms with E-state index < -0.39 is 6.10 Å². The van der Waals surface area contributed by atoms with Gasteiger partial charge in [0.25, 0.3) is 0 Å². The topological polar surface area (TPSA) is 78.9 Å². The number of esters is 3. The van der Waals surface area contributed by atoms with Crippen LogP contribution in [0, 0.1) is 0 Å². The first kappa shape index (κ1) is 77.4. The Balaban J connectivity index is 4.10. The van der Waals surface area contributed by atoms with Crippen LogP contribution < -0.4 is 0 Å². The minimum absolute atomic E-state index is 0.0603. The second-order valence-corrected chi connectivity index (χ2v) is 25.2. The third-order valence-corrected chi connectivity index (χ3v) is 17.1. The molecule has 0 radical (unpaired) electrons. The quantitative estimate of drug-likeness (QED) is 0.0343. The average molecular weight is 1120 g/mol. The molecule has 0 aromatic carbocycles. The second kappa shape index (κ2) is 68.9. The van der Waals surface area contributed by atoms with Gasteiger partial charge < -0.3 is 14.2 Å². The SMILES string of the molecule is CCCCCCCCCCCCCCCCCCCCCCCCCCCCCCCCC(=O)OCC(COC(=O)CCCCCCCCCCCCCC)OC(=O)CCCCCCCCCCCCCCCCCCCCC. The molecule has 0 aromatic rings. The van der Waals surface area contributed by atoms with Gasteiger partial charge in [0.15, 0.2) is 6.10 Å². The van der Waals surface area contributed by atoms with Gasteiger partial charge in [-0.25, -0.2) is 0 Å². The molecule has 0 N–H and O–H groups in total. The fraction of sp³-hybridized carbons (Fsp3) is 0.959. The Hall–Kier alpha value is -1.59. The molecule has 79 heavy (non-hydrogen) atoms. The van der Waals surface area contributed by atoms with Crippen molar-refractivity contribution in [3.8, 4) is 0 Å². The molecular weight excluding hydrogens is 973 g/mol. The van der Waals surface area contributed by atoms with E-state index >= 15 is 0 Å². The fourth-order valence-electron chi connectivity index (χ4n) is 11.6. The minimum Gasteiger partial charge on any atom is -0.462 e. The van der Waals surface area contributed by atoms with Crippen molar-refractivity contribution in [3.63, 3.8) is 0 Å². The highest BCUT2D eigenvalue weighted by Crippen LogP contribution is 2.20. The second-order valence-electron chi connectivity index (χ2n) is 25.2. The fourth-order valence-corrected chi connectivity index (χ4v) is 11.6. The van der Waals surface area contributed by atoms with Gasteiger partial charge in [-0.05, 0) is 19.3 Å². The zero-order chi connectivity index (χ0) is 57.1. The van der Waals surface area contributed by atoms with Crippen LogP contribution in [0.2, 0.25) is 0 Å². The van der Waals surface area contributed by atoms with E-state index in [2.05, 4.69) is 20.8 Å². The zero-order valence-electron chi connectivity index (χ0n) is 54.2. The molecule has 1 unspecified atom stereocenters. The predicted octanol–water partition coefficient (Wildman–Crippen LogP) is 25.0. The van der Waals surface area contributed by atoms with Crippen LogP contribution >= 0.6 is 0 Å². The Labute approximate surface area is 495 Å². The van der Waals surface area contributed by atoms with Crippen molar-refractivity contribution < 1.29 is 28.6 Å². The number of unbranched alkanes of at least 4 members (excludes halogenated alkanes) is 58. The highest BCUT2D eigenvalue weighted by atomic mass is 16.6. The van der Waals surface area contributed by atoms with Crippen LogP contribution in [-0.4, -0.2) is 37.2 Å². The molecule has 0 heterocycles.